The van der Waals surface area contributed by atoms with Crippen LogP contribution in [0.5, 0.6) is 0 Å². The Morgan fingerprint density at radius 2 is 2.12 bits per heavy atom. The molecular formula is C18H27FN4OS. The average Bonchev–Trinajstić information content (AvgIpc) is 2.63. The number of piperidine rings is 1. The highest BCUT2D eigenvalue weighted by molar-refractivity contribution is 7.98. The Morgan fingerprint density at radius 3 is 2.72 bits per heavy atom. The lowest BCUT2D eigenvalue weighted by Gasteiger charge is -2.34. The first-order chi connectivity index (χ1) is 12.1. The molecule has 25 heavy (non-hydrogen) atoms. The minimum atomic E-state index is -0.223. The first kappa shape index (κ1) is 19.6. The molecule has 138 valence electrons. The maximum atomic E-state index is 13.5. The molecule has 1 saturated heterocycles. The fourth-order valence-corrected chi connectivity index (χ4v) is 3.70. The quantitative estimate of drug-likeness (QED) is 0.478. The number of halogens is 1. The molecule has 2 N–H and O–H groups in total. The van der Waals surface area contributed by atoms with E-state index in [1.54, 1.807) is 31.9 Å². The maximum absolute atomic E-state index is 13.5. The molecule has 1 aliphatic rings. The molecule has 1 heterocycles. The number of likely N-dealkylation sites (tertiary alicyclic amines) is 1. The van der Waals surface area contributed by atoms with E-state index in [0.717, 1.165) is 42.3 Å². The number of carbonyl (C=O) groups is 1. The number of nitrogens with zero attached hydrogens (tertiary/aromatic N) is 2. The molecule has 0 atom stereocenters. The third-order valence-corrected chi connectivity index (χ3v) is 5.40. The van der Waals surface area contributed by atoms with Crippen molar-refractivity contribution in [2.45, 2.75) is 30.7 Å². The second-order valence-electron chi connectivity index (χ2n) is 6.16. The Bertz CT molecular complexity index is 615. The molecule has 1 fully saturated rings. The summed E-state index contributed by atoms with van der Waals surface area (Å²) >= 11 is 1.61. The van der Waals surface area contributed by atoms with Gasteiger partial charge in [0.25, 0.3) is 0 Å². The zero-order chi connectivity index (χ0) is 18.2. The standard InChI is InChI=1S/C18H27FN4OS/c1-20-17(24)10-13-6-8-23(9-7-13)18(21-2)22-12-14-11-15(19)4-5-16(14)25-3/h4-5,11,13H,6-10,12H2,1-3H3,(H,20,24)(H,21,22). The molecule has 1 aromatic rings. The second kappa shape index (κ2) is 9.65. The van der Waals surface area contributed by atoms with Crippen LogP contribution in [0.15, 0.2) is 28.1 Å². The van der Waals surface area contributed by atoms with Gasteiger partial charge in [0.1, 0.15) is 5.82 Å². The van der Waals surface area contributed by atoms with E-state index in [2.05, 4.69) is 20.5 Å². The van der Waals surface area contributed by atoms with E-state index in [4.69, 9.17) is 0 Å². The molecule has 5 nitrogen and oxygen atoms in total. The number of carbonyl (C=O) groups excluding carboxylic acids is 1. The predicted molar refractivity (Wildman–Crippen MR) is 101 cm³/mol. The maximum Gasteiger partial charge on any atom is 0.220 e. The summed E-state index contributed by atoms with van der Waals surface area (Å²) in [4.78, 5) is 19.1. The van der Waals surface area contributed by atoms with E-state index in [9.17, 15) is 9.18 Å². The fourth-order valence-electron chi connectivity index (χ4n) is 3.11. The van der Waals surface area contributed by atoms with Gasteiger partial charge < -0.3 is 15.5 Å². The van der Waals surface area contributed by atoms with Crippen LogP contribution in [-0.2, 0) is 11.3 Å². The van der Waals surface area contributed by atoms with E-state index in [1.807, 2.05) is 12.3 Å². The van der Waals surface area contributed by atoms with Crippen molar-refractivity contribution in [2.75, 3.05) is 33.4 Å². The summed E-state index contributed by atoms with van der Waals surface area (Å²) < 4.78 is 13.5. The van der Waals surface area contributed by atoms with Gasteiger partial charge in [-0.25, -0.2) is 4.39 Å². The summed E-state index contributed by atoms with van der Waals surface area (Å²) in [6, 6.07) is 4.87. The average molecular weight is 367 g/mol. The van der Waals surface area contributed by atoms with Crippen molar-refractivity contribution in [1.82, 2.24) is 15.5 Å². The largest absolute Gasteiger partial charge is 0.359 e. The summed E-state index contributed by atoms with van der Waals surface area (Å²) in [5, 5.41) is 6.03. The molecule has 7 heteroatoms. The van der Waals surface area contributed by atoms with Crippen molar-refractivity contribution >= 4 is 23.6 Å². The van der Waals surface area contributed by atoms with E-state index >= 15 is 0 Å². The summed E-state index contributed by atoms with van der Waals surface area (Å²) in [5.74, 6) is 1.14. The summed E-state index contributed by atoms with van der Waals surface area (Å²) in [5.41, 5.74) is 0.933. The van der Waals surface area contributed by atoms with Crippen molar-refractivity contribution < 1.29 is 9.18 Å². The van der Waals surface area contributed by atoms with Crippen LogP contribution in [0.25, 0.3) is 0 Å². The van der Waals surface area contributed by atoms with Gasteiger partial charge in [0.15, 0.2) is 5.96 Å². The van der Waals surface area contributed by atoms with Crippen LogP contribution < -0.4 is 10.6 Å². The molecule has 1 aliphatic heterocycles. The lowest BCUT2D eigenvalue weighted by atomic mass is 9.93. The van der Waals surface area contributed by atoms with Gasteiger partial charge in [-0.3, -0.25) is 9.79 Å². The monoisotopic (exact) mass is 366 g/mol. The molecule has 1 aromatic carbocycles. The first-order valence-corrected chi connectivity index (χ1v) is 9.78. The van der Waals surface area contributed by atoms with Crippen molar-refractivity contribution in [1.29, 1.82) is 0 Å². The number of aliphatic imine (C=N–C) groups is 1. The van der Waals surface area contributed by atoms with Crippen molar-refractivity contribution in [3.8, 4) is 0 Å². The van der Waals surface area contributed by atoms with Gasteiger partial charge in [0, 0.05) is 45.0 Å². The molecule has 0 bridgehead atoms. The van der Waals surface area contributed by atoms with Gasteiger partial charge in [0.2, 0.25) is 5.91 Å². The van der Waals surface area contributed by atoms with E-state index in [0.29, 0.717) is 18.9 Å². The number of nitrogens with one attached hydrogen (secondary N) is 2. The summed E-state index contributed by atoms with van der Waals surface area (Å²) in [7, 11) is 3.44. The zero-order valence-corrected chi connectivity index (χ0v) is 16.0. The normalized spacial score (nSPS) is 16.0. The Labute approximate surface area is 153 Å². The van der Waals surface area contributed by atoms with Gasteiger partial charge in [0.05, 0.1) is 0 Å². The van der Waals surface area contributed by atoms with Crippen LogP contribution >= 0.6 is 11.8 Å². The summed E-state index contributed by atoms with van der Waals surface area (Å²) in [6.45, 7) is 2.29. The molecule has 0 spiro atoms. The van der Waals surface area contributed by atoms with Crippen LogP contribution in [0.2, 0.25) is 0 Å². The molecule has 0 unspecified atom stereocenters. The topological polar surface area (TPSA) is 56.7 Å². The highest BCUT2D eigenvalue weighted by Crippen LogP contribution is 2.22. The lowest BCUT2D eigenvalue weighted by Crippen LogP contribution is -2.45. The van der Waals surface area contributed by atoms with Gasteiger partial charge >= 0.3 is 0 Å². The van der Waals surface area contributed by atoms with Crippen LogP contribution in [0.1, 0.15) is 24.8 Å². The van der Waals surface area contributed by atoms with Crippen LogP contribution in [-0.4, -0.2) is 50.2 Å². The Balaban J connectivity index is 1.90. The minimum absolute atomic E-state index is 0.108. The number of rotatable bonds is 5. The third-order valence-electron chi connectivity index (χ3n) is 4.56. The van der Waals surface area contributed by atoms with E-state index < -0.39 is 0 Å². The zero-order valence-electron chi connectivity index (χ0n) is 15.1. The molecular weight excluding hydrogens is 339 g/mol. The van der Waals surface area contributed by atoms with Gasteiger partial charge in [-0.15, -0.1) is 11.8 Å². The second-order valence-corrected chi connectivity index (χ2v) is 7.01. The molecule has 0 saturated carbocycles. The molecule has 0 aliphatic carbocycles. The van der Waals surface area contributed by atoms with Crippen LogP contribution in [0, 0.1) is 11.7 Å². The van der Waals surface area contributed by atoms with E-state index in [-0.39, 0.29) is 11.7 Å². The summed E-state index contributed by atoms with van der Waals surface area (Å²) in [6.07, 6.45) is 4.54. The fraction of sp³-hybridized carbons (Fsp3) is 0.556. The van der Waals surface area contributed by atoms with Crippen molar-refractivity contribution in [2.24, 2.45) is 10.9 Å². The number of hydrogen-bond donors (Lipinski definition) is 2. The number of hydrogen-bond acceptors (Lipinski definition) is 3. The Morgan fingerprint density at radius 1 is 1.40 bits per heavy atom. The molecule has 2 rings (SSSR count). The van der Waals surface area contributed by atoms with E-state index in [1.165, 1.54) is 6.07 Å². The lowest BCUT2D eigenvalue weighted by molar-refractivity contribution is -0.121. The van der Waals surface area contributed by atoms with Gasteiger partial charge in [-0.2, -0.15) is 0 Å². The molecule has 0 radical (unpaired) electrons. The van der Waals surface area contributed by atoms with Gasteiger partial charge in [-0.1, -0.05) is 0 Å². The smallest absolute Gasteiger partial charge is 0.220 e. The number of amides is 1. The van der Waals surface area contributed by atoms with Crippen LogP contribution in [0.3, 0.4) is 0 Å². The number of benzene rings is 1. The highest BCUT2D eigenvalue weighted by Gasteiger charge is 2.23. The third kappa shape index (κ3) is 5.63. The number of thioether (sulfide) groups is 1. The number of guanidine groups is 1. The Hall–Kier alpha value is -1.76. The highest BCUT2D eigenvalue weighted by atomic mass is 32.2. The predicted octanol–water partition coefficient (Wildman–Crippen LogP) is 2.47. The first-order valence-electron chi connectivity index (χ1n) is 8.56. The Kier molecular flexibility index (Phi) is 7.55. The van der Waals surface area contributed by atoms with Gasteiger partial charge in [-0.05, 0) is 48.8 Å². The minimum Gasteiger partial charge on any atom is -0.359 e. The van der Waals surface area contributed by atoms with Crippen molar-refractivity contribution in [3.05, 3.63) is 29.6 Å². The molecule has 1 amide bonds. The van der Waals surface area contributed by atoms with Crippen molar-refractivity contribution in [3.63, 3.8) is 0 Å². The SMILES string of the molecule is CN=C(NCc1cc(F)ccc1SC)N1CCC(CC(=O)NC)CC1. The van der Waals surface area contributed by atoms with Crippen LogP contribution in [0.4, 0.5) is 4.39 Å². The molecule has 0 aromatic heterocycles.